The first-order valence-corrected chi connectivity index (χ1v) is 9.85. The second kappa shape index (κ2) is 7.49. The van der Waals surface area contributed by atoms with Crippen LogP contribution in [0.3, 0.4) is 0 Å². The molecule has 1 aliphatic heterocycles. The summed E-state index contributed by atoms with van der Waals surface area (Å²) in [4.78, 5) is 25.6. The molecule has 0 aromatic carbocycles. The van der Waals surface area contributed by atoms with Crippen molar-refractivity contribution < 1.29 is 4.79 Å². The van der Waals surface area contributed by atoms with Gasteiger partial charge in [0, 0.05) is 43.8 Å². The number of thiazole rings is 1. The van der Waals surface area contributed by atoms with Crippen molar-refractivity contribution in [3.63, 3.8) is 0 Å². The van der Waals surface area contributed by atoms with Crippen LogP contribution in [0.2, 0.25) is 0 Å². The molecular formula is C18H23N5OS. The second-order valence-corrected chi connectivity index (χ2v) is 7.43. The number of aryl methyl sites for hydroxylation is 2. The van der Waals surface area contributed by atoms with Gasteiger partial charge in [0.05, 0.1) is 23.1 Å². The Balaban J connectivity index is 1.30. The molecule has 0 bridgehead atoms. The molecule has 0 unspecified atom stereocenters. The molecule has 1 aliphatic carbocycles. The normalized spacial score (nSPS) is 18.0. The SMILES string of the molecule is O=C(Nc1cnc2c(c1)CCCC2)N1CCN(Cc2cscn2)CC1. The summed E-state index contributed by atoms with van der Waals surface area (Å²) in [5.74, 6) is 0. The summed E-state index contributed by atoms with van der Waals surface area (Å²) < 4.78 is 0. The lowest BCUT2D eigenvalue weighted by Crippen LogP contribution is -2.49. The standard InChI is InChI=1S/C18H23N5OS/c24-18(21-15-9-14-3-1-2-4-17(14)19-10-15)23-7-5-22(6-8-23)11-16-12-25-13-20-16/h9-10,12-13H,1-8,11H2,(H,21,24). The van der Waals surface area contributed by atoms with E-state index >= 15 is 0 Å². The Kier molecular flexibility index (Phi) is 4.94. The first kappa shape index (κ1) is 16.5. The van der Waals surface area contributed by atoms with Gasteiger partial charge in [-0.2, -0.15) is 0 Å². The number of aromatic nitrogens is 2. The van der Waals surface area contributed by atoms with Gasteiger partial charge in [-0.15, -0.1) is 11.3 Å². The Morgan fingerprint density at radius 1 is 1.16 bits per heavy atom. The summed E-state index contributed by atoms with van der Waals surface area (Å²) in [6, 6.07) is 2.07. The van der Waals surface area contributed by atoms with Crippen molar-refractivity contribution >= 4 is 23.1 Å². The van der Waals surface area contributed by atoms with Crippen molar-refractivity contribution in [1.82, 2.24) is 19.8 Å². The molecule has 25 heavy (non-hydrogen) atoms. The Bertz CT molecular complexity index is 725. The van der Waals surface area contributed by atoms with E-state index in [2.05, 4.69) is 31.6 Å². The summed E-state index contributed by atoms with van der Waals surface area (Å²) in [6.45, 7) is 4.12. The quantitative estimate of drug-likeness (QED) is 0.918. The van der Waals surface area contributed by atoms with E-state index in [1.807, 2.05) is 10.4 Å². The van der Waals surface area contributed by atoms with Crippen molar-refractivity contribution in [2.24, 2.45) is 0 Å². The summed E-state index contributed by atoms with van der Waals surface area (Å²) in [7, 11) is 0. The number of anilines is 1. The number of amides is 2. The number of rotatable bonds is 3. The highest BCUT2D eigenvalue weighted by molar-refractivity contribution is 7.07. The van der Waals surface area contributed by atoms with Crippen LogP contribution in [-0.2, 0) is 19.4 Å². The van der Waals surface area contributed by atoms with E-state index in [0.29, 0.717) is 0 Å². The average Bonchev–Trinajstić information content (AvgIpc) is 3.15. The van der Waals surface area contributed by atoms with E-state index in [1.165, 1.54) is 24.1 Å². The Morgan fingerprint density at radius 2 is 2.00 bits per heavy atom. The summed E-state index contributed by atoms with van der Waals surface area (Å²) >= 11 is 1.63. The predicted octanol–water partition coefficient (Wildman–Crippen LogP) is 2.77. The van der Waals surface area contributed by atoms with Crippen LogP contribution in [0, 0.1) is 0 Å². The summed E-state index contributed by atoms with van der Waals surface area (Å²) in [5, 5.41) is 5.10. The molecule has 0 atom stereocenters. The second-order valence-electron chi connectivity index (χ2n) is 6.71. The topological polar surface area (TPSA) is 61.4 Å². The first-order chi connectivity index (χ1) is 12.3. The summed E-state index contributed by atoms with van der Waals surface area (Å²) in [6.07, 6.45) is 6.36. The van der Waals surface area contributed by atoms with Gasteiger partial charge in [0.15, 0.2) is 0 Å². The molecule has 0 spiro atoms. The predicted molar refractivity (Wildman–Crippen MR) is 98.9 cm³/mol. The maximum Gasteiger partial charge on any atom is 0.321 e. The van der Waals surface area contributed by atoms with Crippen molar-refractivity contribution in [1.29, 1.82) is 0 Å². The molecule has 1 saturated heterocycles. The largest absolute Gasteiger partial charge is 0.322 e. The molecule has 6 nitrogen and oxygen atoms in total. The molecular weight excluding hydrogens is 334 g/mol. The van der Waals surface area contributed by atoms with E-state index in [-0.39, 0.29) is 6.03 Å². The number of piperazine rings is 1. The van der Waals surface area contributed by atoms with Crippen LogP contribution in [0.25, 0.3) is 0 Å². The van der Waals surface area contributed by atoms with E-state index in [9.17, 15) is 4.79 Å². The zero-order valence-electron chi connectivity index (χ0n) is 14.3. The van der Waals surface area contributed by atoms with E-state index < -0.39 is 0 Å². The van der Waals surface area contributed by atoms with Crippen molar-refractivity contribution in [2.75, 3.05) is 31.5 Å². The maximum atomic E-state index is 12.5. The number of nitrogens with zero attached hydrogens (tertiary/aromatic N) is 4. The van der Waals surface area contributed by atoms with Crippen LogP contribution in [0.5, 0.6) is 0 Å². The lowest BCUT2D eigenvalue weighted by atomic mass is 9.96. The van der Waals surface area contributed by atoms with Gasteiger partial charge in [-0.1, -0.05) is 0 Å². The van der Waals surface area contributed by atoms with Crippen LogP contribution in [0.15, 0.2) is 23.2 Å². The molecule has 1 N–H and O–H groups in total. The monoisotopic (exact) mass is 357 g/mol. The summed E-state index contributed by atoms with van der Waals surface area (Å²) in [5.41, 5.74) is 6.28. The molecule has 2 aliphatic rings. The van der Waals surface area contributed by atoms with Crippen molar-refractivity contribution in [3.05, 3.63) is 40.1 Å². The fourth-order valence-electron chi connectivity index (χ4n) is 3.51. The van der Waals surface area contributed by atoms with Crippen LogP contribution in [0.4, 0.5) is 10.5 Å². The molecule has 3 heterocycles. The van der Waals surface area contributed by atoms with E-state index in [4.69, 9.17) is 0 Å². The maximum absolute atomic E-state index is 12.5. The third kappa shape index (κ3) is 3.99. The van der Waals surface area contributed by atoms with Gasteiger partial charge in [0.2, 0.25) is 0 Å². The number of urea groups is 1. The number of hydrogen-bond acceptors (Lipinski definition) is 5. The highest BCUT2D eigenvalue weighted by atomic mass is 32.1. The lowest BCUT2D eigenvalue weighted by Gasteiger charge is -2.34. The first-order valence-electron chi connectivity index (χ1n) is 8.91. The van der Waals surface area contributed by atoms with Crippen molar-refractivity contribution in [3.8, 4) is 0 Å². The van der Waals surface area contributed by atoms with Gasteiger partial charge in [0.25, 0.3) is 0 Å². The molecule has 7 heteroatoms. The van der Waals surface area contributed by atoms with Crippen LogP contribution in [-0.4, -0.2) is 52.0 Å². The lowest BCUT2D eigenvalue weighted by molar-refractivity contribution is 0.142. The van der Waals surface area contributed by atoms with Gasteiger partial charge in [0.1, 0.15) is 0 Å². The van der Waals surface area contributed by atoms with Gasteiger partial charge in [-0.3, -0.25) is 9.88 Å². The number of carbonyl (C=O) groups is 1. The van der Waals surface area contributed by atoms with Gasteiger partial charge in [-0.25, -0.2) is 9.78 Å². The molecule has 0 saturated carbocycles. The highest BCUT2D eigenvalue weighted by Crippen LogP contribution is 2.22. The fourth-order valence-corrected chi connectivity index (χ4v) is 4.06. The molecule has 4 rings (SSSR count). The molecule has 2 aromatic heterocycles. The van der Waals surface area contributed by atoms with E-state index in [1.54, 1.807) is 17.5 Å². The number of fused-ring (bicyclic) bond motifs is 1. The van der Waals surface area contributed by atoms with Crippen LogP contribution < -0.4 is 5.32 Å². The minimum Gasteiger partial charge on any atom is -0.322 e. The van der Waals surface area contributed by atoms with Gasteiger partial charge in [-0.05, 0) is 37.3 Å². The molecule has 2 amide bonds. The smallest absolute Gasteiger partial charge is 0.321 e. The fraction of sp³-hybridized carbons (Fsp3) is 0.500. The Morgan fingerprint density at radius 3 is 2.80 bits per heavy atom. The molecule has 132 valence electrons. The number of nitrogens with one attached hydrogen (secondary N) is 1. The number of carbonyl (C=O) groups excluding carboxylic acids is 1. The molecule has 0 radical (unpaired) electrons. The molecule has 1 fully saturated rings. The third-order valence-electron chi connectivity index (χ3n) is 4.95. The van der Waals surface area contributed by atoms with E-state index in [0.717, 1.165) is 56.9 Å². The number of hydrogen-bond donors (Lipinski definition) is 1. The minimum absolute atomic E-state index is 0.0223. The van der Waals surface area contributed by atoms with Crippen LogP contribution in [0.1, 0.15) is 29.8 Å². The van der Waals surface area contributed by atoms with Crippen LogP contribution >= 0.6 is 11.3 Å². The van der Waals surface area contributed by atoms with Crippen molar-refractivity contribution in [2.45, 2.75) is 32.2 Å². The Hall–Kier alpha value is -1.99. The highest BCUT2D eigenvalue weighted by Gasteiger charge is 2.22. The average molecular weight is 357 g/mol. The zero-order chi connectivity index (χ0) is 17.1. The van der Waals surface area contributed by atoms with Gasteiger partial charge < -0.3 is 10.2 Å². The Labute approximate surface area is 151 Å². The van der Waals surface area contributed by atoms with Gasteiger partial charge >= 0.3 is 6.03 Å². The zero-order valence-corrected chi connectivity index (χ0v) is 15.1. The minimum atomic E-state index is -0.0223. The number of pyridine rings is 1. The molecule has 2 aromatic rings. The third-order valence-corrected chi connectivity index (χ3v) is 5.58.